The second-order valence-corrected chi connectivity index (χ2v) is 8.32. The minimum Gasteiger partial charge on any atom is -0.457 e. The first-order valence-corrected chi connectivity index (χ1v) is 10.7. The van der Waals surface area contributed by atoms with Gasteiger partial charge in [-0.1, -0.05) is 12.1 Å². The van der Waals surface area contributed by atoms with Crippen molar-refractivity contribution < 1.29 is 19.1 Å². The second kappa shape index (κ2) is 9.22. The lowest BCUT2D eigenvalue weighted by molar-refractivity contribution is -0.142. The lowest BCUT2D eigenvalue weighted by Crippen LogP contribution is -2.15. The molecule has 0 radical (unpaired) electrons. The van der Waals surface area contributed by atoms with Gasteiger partial charge in [0.15, 0.2) is 12.4 Å². The van der Waals surface area contributed by atoms with Gasteiger partial charge in [-0.15, -0.1) is 11.3 Å². The Balaban J connectivity index is 1.62. The van der Waals surface area contributed by atoms with Crippen LogP contribution in [0.1, 0.15) is 55.4 Å². The summed E-state index contributed by atoms with van der Waals surface area (Å²) in [5.74, 6) is -0.891. The van der Waals surface area contributed by atoms with E-state index < -0.39 is 5.97 Å². The lowest BCUT2D eigenvalue weighted by Gasteiger charge is -2.12. The van der Waals surface area contributed by atoms with Gasteiger partial charge in [-0.3, -0.25) is 14.4 Å². The van der Waals surface area contributed by atoms with Gasteiger partial charge >= 0.3 is 5.97 Å². The molecule has 0 aliphatic carbocycles. The normalized spacial score (nSPS) is 10.8. The van der Waals surface area contributed by atoms with Crippen molar-refractivity contribution in [2.24, 2.45) is 0 Å². The van der Waals surface area contributed by atoms with Crippen molar-refractivity contribution in [3.8, 4) is 5.69 Å². The van der Waals surface area contributed by atoms with Crippen LogP contribution in [-0.2, 0) is 9.53 Å². The molecule has 30 heavy (non-hydrogen) atoms. The molecule has 0 saturated carbocycles. The molecule has 0 spiro atoms. The Kier molecular flexibility index (Phi) is 6.67. The number of carbonyl (C=O) groups is 3. The largest absolute Gasteiger partial charge is 0.457 e. The first-order valence-electron chi connectivity index (χ1n) is 9.80. The van der Waals surface area contributed by atoms with Crippen molar-refractivity contribution in [1.29, 1.82) is 0 Å². The SMILES string of the molecule is Cc1ccc(-n2c(C)cc(C(=O)COC(=O)CCC(=O)c3cccs3)c2C)cc1C. The summed E-state index contributed by atoms with van der Waals surface area (Å²) < 4.78 is 7.15. The number of nitrogens with zero attached hydrogens (tertiary/aromatic N) is 1. The molecule has 6 heteroatoms. The first-order chi connectivity index (χ1) is 14.3. The van der Waals surface area contributed by atoms with E-state index in [0.29, 0.717) is 10.4 Å². The Bertz CT molecular complexity index is 1090. The van der Waals surface area contributed by atoms with E-state index >= 15 is 0 Å². The van der Waals surface area contributed by atoms with Crippen LogP contribution < -0.4 is 0 Å². The predicted molar refractivity (Wildman–Crippen MR) is 118 cm³/mol. The molecule has 0 atom stereocenters. The third-order valence-corrected chi connectivity index (χ3v) is 6.11. The number of thiophene rings is 1. The molecule has 3 rings (SSSR count). The van der Waals surface area contributed by atoms with Crippen LogP contribution in [-0.4, -0.2) is 28.7 Å². The Morgan fingerprint density at radius 1 is 0.933 bits per heavy atom. The number of esters is 1. The van der Waals surface area contributed by atoms with Crippen LogP contribution in [0.3, 0.4) is 0 Å². The highest BCUT2D eigenvalue weighted by molar-refractivity contribution is 7.12. The zero-order chi connectivity index (χ0) is 21.8. The average Bonchev–Trinajstić information content (AvgIpc) is 3.35. The van der Waals surface area contributed by atoms with E-state index in [2.05, 4.69) is 26.0 Å². The zero-order valence-corrected chi connectivity index (χ0v) is 18.5. The summed E-state index contributed by atoms with van der Waals surface area (Å²) in [5.41, 5.74) is 5.67. The Morgan fingerprint density at radius 2 is 1.70 bits per heavy atom. The second-order valence-electron chi connectivity index (χ2n) is 7.37. The Hall–Kier alpha value is -2.99. The summed E-state index contributed by atoms with van der Waals surface area (Å²) in [6, 6.07) is 11.5. The molecule has 0 aliphatic heterocycles. The molecular weight excluding hydrogens is 398 g/mol. The summed E-state index contributed by atoms with van der Waals surface area (Å²) in [6.07, 6.45) is 0.0422. The summed E-state index contributed by atoms with van der Waals surface area (Å²) >= 11 is 1.35. The van der Waals surface area contributed by atoms with Gasteiger partial charge in [0.1, 0.15) is 0 Å². The van der Waals surface area contributed by atoms with Gasteiger partial charge in [-0.25, -0.2) is 0 Å². The fourth-order valence-corrected chi connectivity index (χ4v) is 4.07. The summed E-state index contributed by atoms with van der Waals surface area (Å²) in [6.45, 7) is 7.62. The fourth-order valence-electron chi connectivity index (χ4n) is 3.38. The minimum absolute atomic E-state index is 0.0360. The molecule has 3 aromatic rings. The van der Waals surface area contributed by atoms with E-state index in [-0.39, 0.29) is 31.0 Å². The van der Waals surface area contributed by atoms with Crippen LogP contribution in [0.4, 0.5) is 0 Å². The van der Waals surface area contributed by atoms with Crippen molar-refractivity contribution >= 4 is 28.9 Å². The van der Waals surface area contributed by atoms with E-state index in [4.69, 9.17) is 4.74 Å². The van der Waals surface area contributed by atoms with Crippen LogP contribution >= 0.6 is 11.3 Å². The fraction of sp³-hybridized carbons (Fsp3) is 0.292. The van der Waals surface area contributed by atoms with Gasteiger partial charge in [0.2, 0.25) is 5.78 Å². The third-order valence-electron chi connectivity index (χ3n) is 5.20. The molecular formula is C24H25NO4S. The van der Waals surface area contributed by atoms with Gasteiger partial charge in [-0.2, -0.15) is 0 Å². The van der Waals surface area contributed by atoms with E-state index in [9.17, 15) is 14.4 Å². The summed E-state index contributed by atoms with van der Waals surface area (Å²) in [7, 11) is 0. The monoisotopic (exact) mass is 423 g/mol. The number of Topliss-reactive ketones (excluding diaryl/α,β-unsaturated/α-hetero) is 2. The summed E-state index contributed by atoms with van der Waals surface area (Å²) in [5, 5.41) is 1.82. The number of aromatic nitrogens is 1. The molecule has 0 saturated heterocycles. The maximum absolute atomic E-state index is 12.7. The Morgan fingerprint density at radius 3 is 2.37 bits per heavy atom. The van der Waals surface area contributed by atoms with Crippen molar-refractivity contribution in [3.63, 3.8) is 0 Å². The average molecular weight is 424 g/mol. The number of ether oxygens (including phenoxy) is 1. The van der Waals surface area contributed by atoms with Crippen LogP contribution in [0.15, 0.2) is 41.8 Å². The number of benzene rings is 1. The highest BCUT2D eigenvalue weighted by Crippen LogP contribution is 2.23. The van der Waals surface area contributed by atoms with E-state index in [1.807, 2.05) is 35.9 Å². The van der Waals surface area contributed by atoms with Crippen molar-refractivity contribution in [2.75, 3.05) is 6.61 Å². The molecule has 0 fully saturated rings. The molecule has 0 amide bonds. The molecule has 2 aromatic heterocycles. The highest BCUT2D eigenvalue weighted by atomic mass is 32.1. The van der Waals surface area contributed by atoms with Crippen LogP contribution in [0.5, 0.6) is 0 Å². The zero-order valence-electron chi connectivity index (χ0n) is 17.7. The number of rotatable bonds is 8. The van der Waals surface area contributed by atoms with Crippen LogP contribution in [0.25, 0.3) is 5.69 Å². The number of hydrogen-bond donors (Lipinski definition) is 0. The van der Waals surface area contributed by atoms with Crippen molar-refractivity contribution in [3.05, 3.63) is 74.7 Å². The molecule has 156 valence electrons. The molecule has 5 nitrogen and oxygen atoms in total. The molecule has 0 bridgehead atoms. The topological polar surface area (TPSA) is 65.4 Å². The standard InChI is InChI=1S/C24H25NO4S/c1-15-7-8-19(12-16(15)2)25-17(3)13-20(18(25)4)22(27)14-29-24(28)10-9-21(26)23-6-5-11-30-23/h5-8,11-13H,9-10,14H2,1-4H3. The number of hydrogen-bond acceptors (Lipinski definition) is 5. The number of aryl methyl sites for hydroxylation is 3. The molecule has 0 aliphatic rings. The van der Waals surface area contributed by atoms with Gasteiger partial charge in [0.25, 0.3) is 0 Å². The smallest absolute Gasteiger partial charge is 0.306 e. The van der Waals surface area contributed by atoms with Gasteiger partial charge < -0.3 is 9.30 Å². The predicted octanol–water partition coefficient (Wildman–Crippen LogP) is 5.16. The van der Waals surface area contributed by atoms with Crippen molar-refractivity contribution in [2.45, 2.75) is 40.5 Å². The number of ketones is 2. The van der Waals surface area contributed by atoms with E-state index in [1.54, 1.807) is 12.1 Å². The molecule has 2 heterocycles. The van der Waals surface area contributed by atoms with Gasteiger partial charge in [0, 0.05) is 29.1 Å². The van der Waals surface area contributed by atoms with Gasteiger partial charge in [-0.05, 0) is 68.5 Å². The van der Waals surface area contributed by atoms with Crippen LogP contribution in [0.2, 0.25) is 0 Å². The maximum Gasteiger partial charge on any atom is 0.306 e. The molecule has 0 unspecified atom stereocenters. The Labute approximate surface area is 180 Å². The third kappa shape index (κ3) is 4.76. The van der Waals surface area contributed by atoms with E-state index in [0.717, 1.165) is 17.1 Å². The van der Waals surface area contributed by atoms with Gasteiger partial charge in [0.05, 0.1) is 11.3 Å². The van der Waals surface area contributed by atoms with E-state index in [1.165, 1.54) is 22.5 Å². The summed E-state index contributed by atoms with van der Waals surface area (Å²) in [4.78, 5) is 37.2. The molecule has 1 aromatic carbocycles. The molecule has 0 N–H and O–H groups in total. The maximum atomic E-state index is 12.7. The quantitative estimate of drug-likeness (QED) is 0.371. The minimum atomic E-state index is -0.545. The highest BCUT2D eigenvalue weighted by Gasteiger charge is 2.19. The lowest BCUT2D eigenvalue weighted by atomic mass is 10.1. The van der Waals surface area contributed by atoms with Crippen LogP contribution in [0, 0.1) is 27.7 Å². The first kappa shape index (κ1) is 21.7. The van der Waals surface area contributed by atoms with Crippen molar-refractivity contribution in [1.82, 2.24) is 4.57 Å². The number of carbonyl (C=O) groups excluding carboxylic acids is 3.